The van der Waals surface area contributed by atoms with E-state index in [-0.39, 0.29) is 53.2 Å². The fourth-order valence-electron chi connectivity index (χ4n) is 18.9. The number of benzene rings is 7. The third kappa shape index (κ3) is 30.5. The molecule has 19 rings (SSSR count). The van der Waals surface area contributed by atoms with Gasteiger partial charge in [0.05, 0.1) is 85.6 Å². The first kappa shape index (κ1) is 109. The van der Waals surface area contributed by atoms with Crippen LogP contribution in [0.1, 0.15) is 104 Å². The highest BCUT2D eigenvalue weighted by molar-refractivity contribution is 9.10. The maximum atomic E-state index is 13.2. The molecule has 11 heterocycles. The van der Waals surface area contributed by atoms with Crippen molar-refractivity contribution in [3.63, 3.8) is 0 Å². The number of imide groups is 2. The molecular formula is C104H130BrF6N15O14Si. The summed E-state index contributed by atoms with van der Waals surface area (Å²) in [6.07, 6.45) is 2.10. The van der Waals surface area contributed by atoms with Crippen LogP contribution in [0.4, 0.5) is 47.3 Å². The Bertz CT molecular complexity index is 5890. The first-order valence-corrected chi connectivity index (χ1v) is 52.1. The van der Waals surface area contributed by atoms with Crippen LogP contribution in [0.25, 0.3) is 32.7 Å². The van der Waals surface area contributed by atoms with Gasteiger partial charge in [0, 0.05) is 169 Å². The number of carboxylic acids is 2. The molecule has 758 valence electrons. The van der Waals surface area contributed by atoms with E-state index in [0.717, 1.165) is 160 Å². The summed E-state index contributed by atoms with van der Waals surface area (Å²) in [6, 6.07) is 60.3. The number of ether oxygens (including phenoxy) is 3. The molecule has 8 aliphatic heterocycles. The fraction of sp³-hybridized carbons (Fsp3) is 0.462. The maximum Gasteiger partial charge on any atom is 0.490 e. The molecule has 37 heteroatoms. The Morgan fingerprint density at radius 2 is 0.858 bits per heavy atom. The number of rotatable bonds is 17. The quantitative estimate of drug-likeness (QED) is 0.0433. The zero-order chi connectivity index (χ0) is 102. The lowest BCUT2D eigenvalue weighted by Crippen LogP contribution is -2.40. The van der Waals surface area contributed by atoms with Gasteiger partial charge in [0.1, 0.15) is 11.2 Å². The third-order valence-corrected chi connectivity index (χ3v) is 27.1. The number of hydrogen-bond donors (Lipinski definition) is 3. The SMILES string of the molecule is CC(C)(C)OC(=O)N1CC=CC1=O.CC(C)(C)OC(=O)N1C[C@H]2CN(Cc3ccccc3)C[C@H]2C1=O.CCn1ncc2c(Br)cccc21.CCn1ncc2c(N3C[C@H]4CCC[C@H]4C3=O)cccc21.CCn1ncc2c(N3C[C@H]4CN(Cc5ccccc5)C[C@H]4C3=O)cccc21.COCN(Cc1ccccc1)C[Si](C)(C)C.O=C(O)C(F)(F)F.O=C(O)C(F)(F)F.O=C1NC[C@H]2CN(Cc3ccccc3)C[C@@H]12. The van der Waals surface area contributed by atoms with Gasteiger partial charge in [0.2, 0.25) is 23.6 Å². The number of hydrogen-bond acceptors (Lipinski definition) is 19. The number of aromatic nitrogens is 6. The first-order chi connectivity index (χ1) is 66.8. The summed E-state index contributed by atoms with van der Waals surface area (Å²) in [5, 5.41) is 33.7. The Balaban J connectivity index is 0.000000156. The molecule has 1 aliphatic carbocycles. The summed E-state index contributed by atoms with van der Waals surface area (Å²) in [7, 11) is 0.701. The highest BCUT2D eigenvalue weighted by atomic mass is 79.9. The normalized spacial score (nSPS) is 20.3. The second kappa shape index (κ2) is 49.1. The molecule has 7 saturated heterocycles. The number of anilines is 2. The molecule has 7 aromatic carbocycles. The minimum absolute atomic E-state index is 0.0776. The molecule has 3 N–H and O–H groups in total. The minimum atomic E-state index is -5.08. The van der Waals surface area contributed by atoms with Crippen LogP contribution < -0.4 is 15.1 Å². The highest BCUT2D eigenvalue weighted by Crippen LogP contribution is 2.44. The topological polar surface area (TPSA) is 313 Å². The fourth-order valence-corrected chi connectivity index (χ4v) is 20.9. The van der Waals surface area contributed by atoms with Gasteiger partial charge in [-0.25, -0.2) is 29.0 Å². The first-order valence-electron chi connectivity index (χ1n) is 47.6. The summed E-state index contributed by atoms with van der Waals surface area (Å²) in [4.78, 5) is 118. The molecule has 9 aliphatic rings. The van der Waals surface area contributed by atoms with Gasteiger partial charge < -0.3 is 39.5 Å². The minimum Gasteiger partial charge on any atom is -0.475 e. The zero-order valence-corrected chi connectivity index (χ0v) is 84.8. The van der Waals surface area contributed by atoms with Crippen molar-refractivity contribution < 1.29 is 93.9 Å². The molecule has 8 atom stereocenters. The third-order valence-electron chi connectivity index (χ3n) is 25.1. The van der Waals surface area contributed by atoms with Crippen molar-refractivity contribution in [2.75, 3.05) is 102 Å². The van der Waals surface area contributed by atoms with E-state index in [9.17, 15) is 59.9 Å². The van der Waals surface area contributed by atoms with Gasteiger partial charge in [-0.3, -0.25) is 57.6 Å². The Hall–Kier alpha value is -12.0. The molecule has 7 amide bonds. The molecule has 0 unspecified atom stereocenters. The van der Waals surface area contributed by atoms with E-state index in [0.29, 0.717) is 36.8 Å². The number of alkyl halides is 6. The largest absolute Gasteiger partial charge is 0.490 e. The van der Waals surface area contributed by atoms with E-state index >= 15 is 0 Å². The van der Waals surface area contributed by atoms with Gasteiger partial charge in [0.25, 0.3) is 5.91 Å². The summed E-state index contributed by atoms with van der Waals surface area (Å²) < 4.78 is 86.2. The summed E-state index contributed by atoms with van der Waals surface area (Å²) in [5.41, 5.74) is 9.60. The maximum absolute atomic E-state index is 13.2. The lowest BCUT2D eigenvalue weighted by Gasteiger charge is -2.28. The summed E-state index contributed by atoms with van der Waals surface area (Å²) in [6.45, 7) is 40.0. The van der Waals surface area contributed by atoms with Crippen LogP contribution in [0.5, 0.6) is 0 Å². The summed E-state index contributed by atoms with van der Waals surface area (Å²) >= 11 is 3.49. The number of fused-ring (bicyclic) bond motifs is 7. The molecule has 29 nitrogen and oxygen atoms in total. The van der Waals surface area contributed by atoms with E-state index in [1.165, 1.54) is 63.1 Å². The van der Waals surface area contributed by atoms with Crippen LogP contribution in [0, 0.1) is 47.3 Å². The standard InChI is InChI=1S/C22H24N4O.C18H24N2O3.C16H19N3O.C13H16N2O.C13H23NOSi.C9H9BrN2.C9H13NO3.2C2HF3O2/c1-2-26-21-10-6-9-20(18(21)11-23-26)25-14-17-13-24(15-19(17)22(25)27)12-16-7-4-3-5-8-16;1-18(2,3)23-17(22)20-11-14-10-19(12-15(14)16(20)21)9-13-7-5-4-6-8-13;1-2-19-15-8-4-7-14(13(15)9-17-19)18-10-11-5-3-6-12(11)16(18)20;16-13-12-9-15(8-11(12)6-14-13)7-10-4-2-1-3-5-10;1-15-11-14(12-16(2,3)4)10-13-8-6-5-7-9-13;1-2-12-9-5-3-4-8(10)7(9)6-11-12;1-9(2,3)13-8(12)10-6-4-5-7(10)11;2*3-2(4,5)1(6)7/h3-11,17,19H,2,12-15H2,1H3;4-8,14-15H,9-12H2,1-3H3;4,7-9,11-12H,2-3,5-6,10H2,1H3;1-5,11-12H,6-9H2,(H,14,16);5-9H,10-12H2,1-4H3;3-6H,2H2,1H3;4-5H,6H2,1-3H3;2*(H,6,7)/t17-,19-;14-,15-;11-,12-;11-,12+;;;;;/m1110...../s1. The van der Waals surface area contributed by atoms with Crippen molar-refractivity contribution in [2.45, 2.75) is 171 Å². The number of aliphatic carboxylic acids is 2. The van der Waals surface area contributed by atoms with Gasteiger partial charge in [0.15, 0.2) is 0 Å². The molecule has 141 heavy (non-hydrogen) atoms. The Morgan fingerprint density at radius 3 is 1.25 bits per heavy atom. The molecular weight excluding hydrogens is 1910 g/mol. The van der Waals surface area contributed by atoms with Crippen molar-refractivity contribution in [1.29, 1.82) is 0 Å². The van der Waals surface area contributed by atoms with Crippen LogP contribution >= 0.6 is 15.9 Å². The smallest absolute Gasteiger partial charge is 0.475 e. The van der Waals surface area contributed by atoms with Crippen LogP contribution in [0.15, 0.2) is 211 Å². The van der Waals surface area contributed by atoms with E-state index in [1.54, 1.807) is 34.0 Å². The van der Waals surface area contributed by atoms with Crippen LogP contribution in [-0.4, -0.2) is 246 Å². The van der Waals surface area contributed by atoms with E-state index in [1.807, 2.05) is 118 Å². The Kier molecular flexibility index (Phi) is 38.1. The second-order valence-corrected chi connectivity index (χ2v) is 45.7. The van der Waals surface area contributed by atoms with Crippen LogP contribution in [0.2, 0.25) is 19.6 Å². The molecule has 0 bridgehead atoms. The molecule has 10 aromatic rings. The number of nitrogens with one attached hydrogen (secondary N) is 1. The predicted molar refractivity (Wildman–Crippen MR) is 533 cm³/mol. The van der Waals surface area contributed by atoms with Crippen molar-refractivity contribution in [1.82, 2.24) is 64.1 Å². The number of methoxy groups -OCH3 is 1. The number of aryl methyl sites for hydroxylation is 3. The number of carbonyl (C=O) groups excluding carboxylic acids is 7. The number of nitrogens with zero attached hydrogens (tertiary/aromatic N) is 14. The van der Waals surface area contributed by atoms with Gasteiger partial charge in [-0.2, -0.15) is 41.6 Å². The van der Waals surface area contributed by atoms with Gasteiger partial charge >= 0.3 is 36.5 Å². The monoisotopic (exact) mass is 2030 g/mol. The number of carbonyl (C=O) groups is 9. The Labute approximate surface area is 828 Å². The molecule has 8 fully saturated rings. The van der Waals surface area contributed by atoms with Crippen LogP contribution in [-0.2, 0) is 93.6 Å². The van der Waals surface area contributed by atoms with Crippen molar-refractivity contribution in [3.8, 4) is 0 Å². The van der Waals surface area contributed by atoms with Crippen LogP contribution in [0.3, 0.4) is 0 Å². The summed E-state index contributed by atoms with van der Waals surface area (Å²) in [5.74, 6) is -2.77. The zero-order valence-electron chi connectivity index (χ0n) is 82.2. The molecule has 0 radical (unpaired) electrons. The van der Waals surface area contributed by atoms with Crippen molar-refractivity contribution >= 4 is 122 Å². The molecule has 0 spiro atoms. The van der Waals surface area contributed by atoms with Gasteiger partial charge in [-0.05, 0) is 146 Å². The number of likely N-dealkylation sites (tertiary alicyclic amines) is 4. The lowest BCUT2D eigenvalue weighted by atomic mass is 10.0. The van der Waals surface area contributed by atoms with Gasteiger partial charge in [-0.15, -0.1) is 0 Å². The average Bonchev–Trinajstić information content (AvgIpc) is 1.60. The van der Waals surface area contributed by atoms with Crippen molar-refractivity contribution in [3.05, 3.63) is 233 Å². The number of halogens is 7. The second-order valence-electron chi connectivity index (χ2n) is 39.4. The Morgan fingerprint density at radius 1 is 0.468 bits per heavy atom. The van der Waals surface area contributed by atoms with Gasteiger partial charge in [-0.1, -0.05) is 188 Å². The molecule has 1 saturated carbocycles. The highest BCUT2D eigenvalue weighted by Gasteiger charge is 2.51. The van der Waals surface area contributed by atoms with E-state index < -0.39 is 55.8 Å². The van der Waals surface area contributed by atoms with E-state index in [4.69, 9.17) is 34.0 Å². The lowest BCUT2D eigenvalue weighted by molar-refractivity contribution is -0.193. The number of carboxylic acid groups (broad SMARTS) is 2. The van der Waals surface area contributed by atoms with E-state index in [2.05, 4.69) is 218 Å². The van der Waals surface area contributed by atoms with Crippen molar-refractivity contribution in [2.24, 2.45) is 47.3 Å². The predicted octanol–water partition coefficient (Wildman–Crippen LogP) is 17.7. The number of amides is 7. The average molecular weight is 2040 g/mol. The molecule has 3 aromatic heterocycles.